The summed E-state index contributed by atoms with van der Waals surface area (Å²) in [6, 6.07) is 5.44. The maximum absolute atomic E-state index is 14.7. The number of nitrogens with zero attached hydrogens (tertiary/aromatic N) is 1. The lowest BCUT2D eigenvalue weighted by atomic mass is 10.0. The summed E-state index contributed by atoms with van der Waals surface area (Å²) in [4.78, 5) is 2.22. The molecule has 1 saturated heterocycles. The molecule has 136 valence electrons. The first-order valence-corrected chi connectivity index (χ1v) is 9.10. The highest BCUT2D eigenvalue weighted by Gasteiger charge is 2.20. The van der Waals surface area contributed by atoms with Crippen molar-refractivity contribution in [2.75, 3.05) is 18.0 Å². The minimum atomic E-state index is -0.244. The quantitative estimate of drug-likeness (QED) is 0.710. The van der Waals surface area contributed by atoms with Crippen LogP contribution in [0.1, 0.15) is 45.1 Å². The highest BCUT2D eigenvalue weighted by atomic mass is 19.1. The monoisotopic (exact) mass is 343 g/mol. The largest absolute Gasteiger partial charge is 0.377 e. The minimum absolute atomic E-state index is 0.0359. The molecule has 4 heteroatoms. The topological polar surface area (TPSA) is 27.3 Å². The molecule has 25 heavy (non-hydrogen) atoms. The lowest BCUT2D eigenvalue weighted by Gasteiger charge is -2.30. The summed E-state index contributed by atoms with van der Waals surface area (Å²) < 4.78 is 14.7. The van der Waals surface area contributed by atoms with Crippen molar-refractivity contribution in [3.8, 4) is 0 Å². The van der Waals surface area contributed by atoms with E-state index in [4.69, 9.17) is 0 Å². The molecule has 0 radical (unpaired) electrons. The first-order valence-electron chi connectivity index (χ1n) is 9.10. The van der Waals surface area contributed by atoms with Crippen LogP contribution in [0.2, 0.25) is 0 Å². The Labute approximate surface area is 151 Å². The van der Waals surface area contributed by atoms with Gasteiger partial charge in [0.1, 0.15) is 5.82 Å². The lowest BCUT2D eigenvalue weighted by Crippen LogP contribution is -2.38. The molecule has 1 unspecified atom stereocenters. The van der Waals surface area contributed by atoms with Crippen LogP contribution >= 0.6 is 0 Å². The molecule has 0 aromatic heterocycles. The van der Waals surface area contributed by atoms with E-state index in [1.807, 2.05) is 12.1 Å². The molecule has 0 bridgehead atoms. The van der Waals surface area contributed by atoms with Crippen molar-refractivity contribution in [3.05, 3.63) is 60.7 Å². The molecule has 0 spiro atoms. The van der Waals surface area contributed by atoms with Gasteiger partial charge in [-0.25, -0.2) is 4.39 Å². The van der Waals surface area contributed by atoms with Gasteiger partial charge in [0, 0.05) is 41.4 Å². The summed E-state index contributed by atoms with van der Waals surface area (Å²) in [5.74, 6) is -0.244. The molecule has 3 nitrogen and oxygen atoms in total. The van der Waals surface area contributed by atoms with Gasteiger partial charge >= 0.3 is 0 Å². The smallest absolute Gasteiger partial charge is 0.134 e. The molecule has 0 amide bonds. The number of hydrogen-bond acceptors (Lipinski definition) is 3. The predicted molar refractivity (Wildman–Crippen MR) is 106 cm³/mol. The van der Waals surface area contributed by atoms with Gasteiger partial charge in [-0.2, -0.15) is 0 Å². The van der Waals surface area contributed by atoms with Gasteiger partial charge in [-0.15, -0.1) is 0 Å². The van der Waals surface area contributed by atoms with E-state index >= 15 is 0 Å². The number of benzene rings is 1. The molecule has 1 fully saturated rings. The highest BCUT2D eigenvalue weighted by molar-refractivity contribution is 5.65. The number of nitrogens with one attached hydrogen (secondary N) is 2. The summed E-state index contributed by atoms with van der Waals surface area (Å²) in [6.07, 6.45) is 3.83. The molecule has 1 heterocycles. The van der Waals surface area contributed by atoms with Gasteiger partial charge in [0.25, 0.3) is 0 Å². The second-order valence-corrected chi connectivity index (χ2v) is 6.62. The fourth-order valence-electron chi connectivity index (χ4n) is 3.17. The molecular formula is C21H30FN3. The fraction of sp³-hybridized carbons (Fsp3) is 0.429. The molecule has 1 aromatic rings. The zero-order valence-corrected chi connectivity index (χ0v) is 15.5. The Balaban J connectivity index is 2.10. The maximum atomic E-state index is 14.7. The molecule has 1 aliphatic rings. The molecule has 0 aliphatic carbocycles. The Kier molecular flexibility index (Phi) is 6.68. The highest BCUT2D eigenvalue weighted by Crippen LogP contribution is 2.25. The van der Waals surface area contributed by atoms with Crippen molar-refractivity contribution in [1.82, 2.24) is 10.6 Å². The third-order valence-electron chi connectivity index (χ3n) is 4.47. The van der Waals surface area contributed by atoms with Crippen molar-refractivity contribution in [1.29, 1.82) is 0 Å². The number of piperidine rings is 1. The first-order chi connectivity index (χ1) is 12.0. The van der Waals surface area contributed by atoms with E-state index in [1.165, 1.54) is 0 Å². The second-order valence-electron chi connectivity index (χ2n) is 6.62. The Morgan fingerprint density at radius 1 is 1.28 bits per heavy atom. The van der Waals surface area contributed by atoms with E-state index in [1.54, 1.807) is 6.07 Å². The average molecular weight is 343 g/mol. The van der Waals surface area contributed by atoms with E-state index < -0.39 is 0 Å². The van der Waals surface area contributed by atoms with Crippen molar-refractivity contribution in [2.45, 2.75) is 45.6 Å². The summed E-state index contributed by atoms with van der Waals surface area (Å²) in [6.45, 7) is 18.1. The molecule has 2 rings (SSSR count). The van der Waals surface area contributed by atoms with Crippen LogP contribution in [-0.2, 0) is 0 Å². The lowest BCUT2D eigenvalue weighted by molar-refractivity contribution is 0.536. The van der Waals surface area contributed by atoms with E-state index in [0.29, 0.717) is 11.3 Å². The van der Waals surface area contributed by atoms with Crippen LogP contribution in [0.25, 0.3) is 5.70 Å². The number of halogens is 1. The third kappa shape index (κ3) is 4.88. The van der Waals surface area contributed by atoms with Crippen LogP contribution in [0.4, 0.5) is 10.1 Å². The summed E-state index contributed by atoms with van der Waals surface area (Å²) in [7, 11) is 0. The molecule has 0 saturated carbocycles. The van der Waals surface area contributed by atoms with Crippen LogP contribution < -0.4 is 15.5 Å². The molecule has 1 aromatic carbocycles. The van der Waals surface area contributed by atoms with Crippen LogP contribution in [0, 0.1) is 5.82 Å². The summed E-state index contributed by atoms with van der Waals surface area (Å²) in [5, 5.41) is 6.45. The Morgan fingerprint density at radius 3 is 2.52 bits per heavy atom. The van der Waals surface area contributed by atoms with Crippen molar-refractivity contribution < 1.29 is 4.39 Å². The van der Waals surface area contributed by atoms with E-state index in [0.717, 1.165) is 55.9 Å². The molecule has 1 aliphatic heterocycles. The van der Waals surface area contributed by atoms with Crippen molar-refractivity contribution in [3.63, 3.8) is 0 Å². The van der Waals surface area contributed by atoms with E-state index in [-0.39, 0.29) is 11.9 Å². The maximum Gasteiger partial charge on any atom is 0.134 e. The zero-order valence-electron chi connectivity index (χ0n) is 15.5. The predicted octanol–water partition coefficient (Wildman–Crippen LogP) is 4.79. The van der Waals surface area contributed by atoms with Gasteiger partial charge in [-0.05, 0) is 43.9 Å². The Bertz CT molecular complexity index is 645. The molecular weight excluding hydrogens is 313 g/mol. The molecule has 1 atom stereocenters. The van der Waals surface area contributed by atoms with Crippen molar-refractivity contribution in [2.24, 2.45) is 0 Å². The molecule has 2 N–H and O–H groups in total. The number of hydrogen-bond donors (Lipinski definition) is 2. The third-order valence-corrected chi connectivity index (χ3v) is 4.47. The van der Waals surface area contributed by atoms with Crippen LogP contribution in [0.15, 0.2) is 49.3 Å². The van der Waals surface area contributed by atoms with Gasteiger partial charge < -0.3 is 15.5 Å². The summed E-state index contributed by atoms with van der Waals surface area (Å²) in [5.41, 5.74) is 3.84. The van der Waals surface area contributed by atoms with E-state index in [9.17, 15) is 4.39 Å². The number of rotatable bonds is 8. The number of anilines is 1. The zero-order chi connectivity index (χ0) is 18.4. The van der Waals surface area contributed by atoms with Gasteiger partial charge in [0.15, 0.2) is 0 Å². The first kappa shape index (κ1) is 19.1. The van der Waals surface area contributed by atoms with Crippen LogP contribution in [0.5, 0.6) is 0 Å². The Morgan fingerprint density at radius 2 is 1.96 bits per heavy atom. The fourth-order valence-corrected chi connectivity index (χ4v) is 3.17. The van der Waals surface area contributed by atoms with Gasteiger partial charge in [-0.3, -0.25) is 0 Å². The summed E-state index contributed by atoms with van der Waals surface area (Å²) >= 11 is 0. The minimum Gasteiger partial charge on any atom is -0.377 e. The van der Waals surface area contributed by atoms with Crippen LogP contribution in [-0.4, -0.2) is 19.1 Å². The van der Waals surface area contributed by atoms with Crippen molar-refractivity contribution >= 4 is 11.4 Å². The normalized spacial score (nSPS) is 17.2. The number of allylic oxidation sites excluding steroid dienone is 1. The SMILES string of the molecule is C=C1CCC(NC(=C)c2ccc(N(CCC)CCC)cc2F)C(=C)N1. The standard InChI is InChI=1S/C21H30FN3/c1-6-12-25(13-7-2)18-9-10-19(20(22)14-18)16(4)24-21-11-8-15(3)23-17(21)5/h9-10,14,21,23-24H,3-8,11-13H2,1-2H3. The van der Waals surface area contributed by atoms with Gasteiger partial charge in [-0.1, -0.05) is 33.6 Å². The Hall–Kier alpha value is -2.23. The van der Waals surface area contributed by atoms with E-state index in [2.05, 4.69) is 49.1 Å². The van der Waals surface area contributed by atoms with Gasteiger partial charge in [0.05, 0.1) is 6.04 Å². The van der Waals surface area contributed by atoms with Crippen LogP contribution in [0.3, 0.4) is 0 Å². The van der Waals surface area contributed by atoms with Gasteiger partial charge in [0.2, 0.25) is 0 Å². The second kappa shape index (κ2) is 8.75. The average Bonchev–Trinajstić information content (AvgIpc) is 2.57.